The monoisotopic (exact) mass is 740 g/mol. The largest absolute Gasteiger partial charge is 0.398 e. The molecule has 0 unspecified atom stereocenters. The molecule has 0 atom stereocenters. The molecular formula is C48H52N8+2. The van der Waals surface area contributed by atoms with Gasteiger partial charge in [0.25, 0.3) is 0 Å². The Labute approximate surface area is 329 Å². The summed E-state index contributed by atoms with van der Waals surface area (Å²) in [6.45, 7) is 10.3. The molecule has 0 saturated heterocycles. The SMILES string of the molecule is Cc1cc2nc3cc(C)c(NCCCCCCCCNc4cc5c(cc4C)nc4cc(C)c(N)cc4[n+]5-c4ccccc4)cc3[n+](-c3ccccc3)c2cc1N. The topological polar surface area (TPSA) is 110 Å². The lowest BCUT2D eigenvalue weighted by Gasteiger charge is -2.13. The summed E-state index contributed by atoms with van der Waals surface area (Å²) in [5.41, 5.74) is 31.3. The third-order valence-corrected chi connectivity index (χ3v) is 11.1. The average molecular weight is 741 g/mol. The van der Waals surface area contributed by atoms with Crippen LogP contribution < -0.4 is 31.2 Å². The fourth-order valence-corrected chi connectivity index (χ4v) is 7.85. The molecule has 8 heteroatoms. The van der Waals surface area contributed by atoms with E-state index in [2.05, 4.69) is 131 Å². The van der Waals surface area contributed by atoms with E-state index in [0.717, 1.165) is 115 Å². The summed E-state index contributed by atoms with van der Waals surface area (Å²) in [6.07, 6.45) is 7.14. The predicted molar refractivity (Wildman–Crippen MR) is 234 cm³/mol. The smallest absolute Gasteiger partial charge is 0.239 e. The van der Waals surface area contributed by atoms with Crippen LogP contribution in [0.15, 0.2) is 109 Å². The lowest BCUT2D eigenvalue weighted by Crippen LogP contribution is -2.33. The summed E-state index contributed by atoms with van der Waals surface area (Å²) in [7, 11) is 0. The molecule has 2 heterocycles. The first-order valence-corrected chi connectivity index (χ1v) is 20.0. The van der Waals surface area contributed by atoms with E-state index in [9.17, 15) is 0 Å². The number of hydrogen-bond donors (Lipinski definition) is 4. The van der Waals surface area contributed by atoms with Crippen molar-refractivity contribution in [3.8, 4) is 11.4 Å². The van der Waals surface area contributed by atoms with Crippen molar-refractivity contribution in [1.82, 2.24) is 9.97 Å². The second kappa shape index (κ2) is 15.8. The summed E-state index contributed by atoms with van der Waals surface area (Å²) >= 11 is 0. The van der Waals surface area contributed by atoms with E-state index in [0.29, 0.717) is 0 Å². The summed E-state index contributed by atoms with van der Waals surface area (Å²) < 4.78 is 4.57. The van der Waals surface area contributed by atoms with Gasteiger partial charge >= 0.3 is 0 Å². The second-order valence-electron chi connectivity index (χ2n) is 15.2. The Bertz CT molecular complexity index is 2520. The van der Waals surface area contributed by atoms with Crippen LogP contribution in [0.25, 0.3) is 55.5 Å². The normalized spacial score (nSPS) is 11.6. The molecule has 0 amide bonds. The van der Waals surface area contributed by atoms with Gasteiger partial charge in [0.05, 0.1) is 0 Å². The highest BCUT2D eigenvalue weighted by Crippen LogP contribution is 2.28. The van der Waals surface area contributed by atoms with Crippen LogP contribution in [0, 0.1) is 27.7 Å². The zero-order valence-corrected chi connectivity index (χ0v) is 33.0. The molecule has 8 nitrogen and oxygen atoms in total. The second-order valence-corrected chi connectivity index (χ2v) is 15.2. The lowest BCUT2D eigenvalue weighted by molar-refractivity contribution is -0.538. The minimum atomic E-state index is 0.773. The fourth-order valence-electron chi connectivity index (χ4n) is 7.85. The van der Waals surface area contributed by atoms with Crippen LogP contribution in [0.3, 0.4) is 0 Å². The van der Waals surface area contributed by atoms with Crippen LogP contribution >= 0.6 is 0 Å². The molecular weight excluding hydrogens is 689 g/mol. The predicted octanol–water partition coefficient (Wildman–Crippen LogP) is 9.91. The van der Waals surface area contributed by atoms with Crippen molar-refractivity contribution >= 4 is 66.9 Å². The summed E-state index contributed by atoms with van der Waals surface area (Å²) in [5, 5.41) is 7.48. The number of para-hydroxylation sites is 2. The summed E-state index contributed by atoms with van der Waals surface area (Å²) in [5.74, 6) is 0. The maximum atomic E-state index is 6.40. The van der Waals surface area contributed by atoms with Crippen LogP contribution in [0.5, 0.6) is 0 Å². The lowest BCUT2D eigenvalue weighted by atomic mass is 10.1. The summed E-state index contributed by atoms with van der Waals surface area (Å²) in [6, 6.07) is 38.1. The average Bonchev–Trinajstić information content (AvgIpc) is 3.19. The molecule has 282 valence electrons. The Balaban J connectivity index is 0.868. The van der Waals surface area contributed by atoms with Crippen molar-refractivity contribution in [3.05, 3.63) is 131 Å². The third-order valence-electron chi connectivity index (χ3n) is 11.1. The number of aryl methyl sites for hydroxylation is 4. The van der Waals surface area contributed by atoms with E-state index >= 15 is 0 Å². The number of fused-ring (bicyclic) bond motifs is 4. The molecule has 56 heavy (non-hydrogen) atoms. The summed E-state index contributed by atoms with van der Waals surface area (Å²) in [4.78, 5) is 10.1. The van der Waals surface area contributed by atoms with Gasteiger partial charge in [0.15, 0.2) is 0 Å². The van der Waals surface area contributed by atoms with Crippen LogP contribution in [-0.4, -0.2) is 23.1 Å². The van der Waals surface area contributed by atoms with Crippen molar-refractivity contribution in [1.29, 1.82) is 0 Å². The maximum absolute atomic E-state index is 6.40. The number of rotatable bonds is 13. The van der Waals surface area contributed by atoms with Gasteiger partial charge in [-0.3, -0.25) is 0 Å². The molecule has 0 aliphatic rings. The molecule has 0 saturated carbocycles. The number of hydrogen-bond acceptors (Lipinski definition) is 6. The zero-order chi connectivity index (χ0) is 38.8. The molecule has 0 aliphatic carbocycles. The zero-order valence-electron chi connectivity index (χ0n) is 33.0. The van der Waals surface area contributed by atoms with Crippen LogP contribution in [0.1, 0.15) is 60.8 Å². The van der Waals surface area contributed by atoms with Gasteiger partial charge in [0.1, 0.15) is 22.1 Å². The van der Waals surface area contributed by atoms with Crippen LogP contribution in [0.4, 0.5) is 22.7 Å². The van der Waals surface area contributed by atoms with Gasteiger partial charge < -0.3 is 22.1 Å². The highest BCUT2D eigenvalue weighted by molar-refractivity contribution is 5.88. The van der Waals surface area contributed by atoms with E-state index in [4.69, 9.17) is 21.4 Å². The van der Waals surface area contributed by atoms with Crippen LogP contribution in [0.2, 0.25) is 0 Å². The van der Waals surface area contributed by atoms with Crippen molar-refractivity contribution in [3.63, 3.8) is 0 Å². The first-order chi connectivity index (χ1) is 27.2. The molecule has 8 aromatic rings. The first-order valence-electron chi connectivity index (χ1n) is 20.0. The fraction of sp³-hybridized carbons (Fsp3) is 0.250. The number of nitrogen functional groups attached to an aromatic ring is 2. The van der Waals surface area contributed by atoms with Crippen molar-refractivity contribution in [2.75, 3.05) is 35.2 Å². The minimum absolute atomic E-state index is 0.773. The van der Waals surface area contributed by atoms with E-state index < -0.39 is 0 Å². The highest BCUT2D eigenvalue weighted by atomic mass is 15.0. The molecule has 0 aliphatic heterocycles. The standard InChI is InChI=1S/C48H50N8/c1-31-23-41-45(27-37(31)49)55(35-17-11-9-12-18-35)47-29-39(33(3)25-43(47)53-41)51-21-15-7-5-6-8-16-22-52-40-30-48-44(26-34(40)4)54-42-24-32(2)38(50)28-46(42)56(48)36-19-13-10-14-20-36/h9-14,17-20,23-30H,5-8,15-16,21-22H2,1-4H3,(H4,49,50,51,52)/p+2. The molecule has 0 radical (unpaired) electrons. The maximum Gasteiger partial charge on any atom is 0.239 e. The van der Waals surface area contributed by atoms with Gasteiger partial charge in [-0.25, -0.2) is 9.97 Å². The molecule has 0 fully saturated rings. The van der Waals surface area contributed by atoms with E-state index in [-0.39, 0.29) is 0 Å². The van der Waals surface area contributed by atoms with E-state index in [1.54, 1.807) is 0 Å². The Morgan fingerprint density at radius 3 is 1.16 bits per heavy atom. The third kappa shape index (κ3) is 7.39. The van der Waals surface area contributed by atoms with Gasteiger partial charge in [-0.15, -0.1) is 9.13 Å². The van der Waals surface area contributed by atoms with Gasteiger partial charge in [-0.1, -0.05) is 62.1 Å². The van der Waals surface area contributed by atoms with Crippen molar-refractivity contribution in [2.24, 2.45) is 0 Å². The van der Waals surface area contributed by atoms with Crippen LogP contribution in [-0.2, 0) is 0 Å². The number of unbranched alkanes of at least 4 members (excludes halogenated alkanes) is 5. The number of nitrogens with zero attached hydrogens (tertiary/aromatic N) is 4. The Morgan fingerprint density at radius 2 is 0.768 bits per heavy atom. The number of aromatic nitrogens is 4. The van der Waals surface area contributed by atoms with E-state index in [1.807, 2.05) is 26.0 Å². The number of nitrogens with one attached hydrogen (secondary N) is 2. The molecule has 6 N–H and O–H groups in total. The molecule has 2 aromatic heterocycles. The molecule has 0 bridgehead atoms. The molecule has 8 rings (SSSR count). The molecule has 0 spiro atoms. The number of benzene rings is 6. The van der Waals surface area contributed by atoms with Gasteiger partial charge in [-0.2, -0.15) is 0 Å². The van der Waals surface area contributed by atoms with Gasteiger partial charge in [0.2, 0.25) is 33.4 Å². The van der Waals surface area contributed by atoms with Gasteiger partial charge in [0, 0.05) is 84.4 Å². The Kier molecular flexibility index (Phi) is 10.4. The Hall–Kier alpha value is -6.28. The number of nitrogens with two attached hydrogens (primary N) is 2. The first kappa shape index (κ1) is 36.7. The van der Waals surface area contributed by atoms with Gasteiger partial charge in [-0.05, 0) is 87.1 Å². The molecule has 6 aromatic carbocycles. The van der Waals surface area contributed by atoms with E-state index in [1.165, 1.54) is 36.8 Å². The quantitative estimate of drug-likeness (QED) is 0.0406. The minimum Gasteiger partial charge on any atom is -0.398 e. The van der Waals surface area contributed by atoms with Crippen molar-refractivity contribution < 1.29 is 9.13 Å². The Morgan fingerprint density at radius 1 is 0.429 bits per heavy atom. The highest BCUT2D eigenvalue weighted by Gasteiger charge is 2.23. The van der Waals surface area contributed by atoms with Crippen molar-refractivity contribution in [2.45, 2.75) is 66.2 Å². The number of anilines is 4.